The summed E-state index contributed by atoms with van der Waals surface area (Å²) < 4.78 is 0. The molecule has 3 atom stereocenters. The van der Waals surface area contributed by atoms with Crippen LogP contribution in [0.5, 0.6) is 0 Å². The van der Waals surface area contributed by atoms with Crippen molar-refractivity contribution < 1.29 is 0 Å². The van der Waals surface area contributed by atoms with Crippen molar-refractivity contribution in [3.05, 3.63) is 22.4 Å². The van der Waals surface area contributed by atoms with E-state index in [0.717, 1.165) is 5.92 Å². The van der Waals surface area contributed by atoms with Gasteiger partial charge in [0.1, 0.15) is 0 Å². The van der Waals surface area contributed by atoms with E-state index in [1.807, 2.05) is 11.3 Å². The van der Waals surface area contributed by atoms with E-state index in [1.165, 1.54) is 43.8 Å². The summed E-state index contributed by atoms with van der Waals surface area (Å²) in [6, 6.07) is 5.76. The first-order valence-electron chi connectivity index (χ1n) is 7.77. The predicted molar refractivity (Wildman–Crippen MR) is 84.8 cm³/mol. The third-order valence-corrected chi connectivity index (χ3v) is 5.46. The molecule has 1 aliphatic rings. The van der Waals surface area contributed by atoms with Gasteiger partial charge in [0.2, 0.25) is 0 Å². The zero-order valence-corrected chi connectivity index (χ0v) is 13.4. The number of nitrogens with zero attached hydrogens (tertiary/aromatic N) is 1. The van der Waals surface area contributed by atoms with Crippen LogP contribution in [-0.4, -0.2) is 30.6 Å². The fourth-order valence-corrected chi connectivity index (χ4v) is 3.99. The molecule has 19 heavy (non-hydrogen) atoms. The summed E-state index contributed by atoms with van der Waals surface area (Å²) in [4.78, 5) is 4.25. The van der Waals surface area contributed by atoms with Gasteiger partial charge in [-0.05, 0) is 36.8 Å². The standard InChI is InChI=1S/C16H28N2S/c1-4-13(3)14-12-18(10-7-9-17-14)15(5-2)16-8-6-11-19-16/h6,8,11,13-15,17H,4-5,7,9-10,12H2,1-3H3. The van der Waals surface area contributed by atoms with E-state index in [-0.39, 0.29) is 0 Å². The Morgan fingerprint density at radius 2 is 2.26 bits per heavy atom. The van der Waals surface area contributed by atoms with Gasteiger partial charge in [-0.3, -0.25) is 4.90 Å². The van der Waals surface area contributed by atoms with Gasteiger partial charge < -0.3 is 5.32 Å². The molecule has 3 heteroatoms. The number of hydrogen-bond donors (Lipinski definition) is 1. The molecule has 0 saturated carbocycles. The van der Waals surface area contributed by atoms with Crippen molar-refractivity contribution in [3.8, 4) is 0 Å². The zero-order chi connectivity index (χ0) is 13.7. The fraction of sp³-hybridized carbons (Fsp3) is 0.750. The second kappa shape index (κ2) is 7.41. The average Bonchev–Trinajstić information content (AvgIpc) is 2.84. The van der Waals surface area contributed by atoms with Crippen LogP contribution in [0.25, 0.3) is 0 Å². The smallest absolute Gasteiger partial charge is 0.0439 e. The lowest BCUT2D eigenvalue weighted by atomic mass is 9.98. The normalized spacial score (nSPS) is 24.9. The highest BCUT2D eigenvalue weighted by atomic mass is 32.1. The quantitative estimate of drug-likeness (QED) is 0.879. The summed E-state index contributed by atoms with van der Waals surface area (Å²) in [6.45, 7) is 10.6. The lowest BCUT2D eigenvalue weighted by Gasteiger charge is -2.33. The minimum atomic E-state index is 0.617. The monoisotopic (exact) mass is 280 g/mol. The maximum absolute atomic E-state index is 3.75. The molecule has 2 rings (SSSR count). The third-order valence-electron chi connectivity index (χ3n) is 4.49. The predicted octanol–water partition coefficient (Wildman–Crippen LogP) is 3.91. The van der Waals surface area contributed by atoms with Crippen LogP contribution in [0.2, 0.25) is 0 Å². The van der Waals surface area contributed by atoms with Gasteiger partial charge in [0.15, 0.2) is 0 Å². The van der Waals surface area contributed by atoms with E-state index in [4.69, 9.17) is 0 Å². The highest BCUT2D eigenvalue weighted by Gasteiger charge is 2.26. The molecule has 1 aliphatic heterocycles. The van der Waals surface area contributed by atoms with Gasteiger partial charge in [0, 0.05) is 30.1 Å². The highest BCUT2D eigenvalue weighted by Crippen LogP contribution is 2.29. The van der Waals surface area contributed by atoms with Crippen LogP contribution in [0.3, 0.4) is 0 Å². The van der Waals surface area contributed by atoms with Crippen LogP contribution in [0.4, 0.5) is 0 Å². The van der Waals surface area contributed by atoms with Crippen molar-refractivity contribution in [1.82, 2.24) is 10.2 Å². The van der Waals surface area contributed by atoms with Crippen molar-refractivity contribution >= 4 is 11.3 Å². The molecule has 0 aliphatic carbocycles. The lowest BCUT2D eigenvalue weighted by Crippen LogP contribution is -2.42. The Balaban J connectivity index is 2.08. The molecule has 108 valence electrons. The van der Waals surface area contributed by atoms with E-state index in [1.54, 1.807) is 0 Å². The molecule has 1 aromatic heterocycles. The second-order valence-corrected chi connectivity index (χ2v) is 6.71. The molecule has 2 nitrogen and oxygen atoms in total. The van der Waals surface area contributed by atoms with Crippen LogP contribution in [0.1, 0.15) is 51.0 Å². The first-order valence-corrected chi connectivity index (χ1v) is 8.65. The Morgan fingerprint density at radius 3 is 2.89 bits per heavy atom. The zero-order valence-electron chi connectivity index (χ0n) is 12.6. The minimum absolute atomic E-state index is 0.617. The van der Waals surface area contributed by atoms with E-state index < -0.39 is 0 Å². The van der Waals surface area contributed by atoms with Gasteiger partial charge in [0.05, 0.1) is 0 Å². The SMILES string of the molecule is CCC(C)C1CN(C(CC)c2cccs2)CCCN1. The van der Waals surface area contributed by atoms with Crippen LogP contribution in [0, 0.1) is 5.92 Å². The summed E-state index contributed by atoms with van der Waals surface area (Å²) in [6.07, 6.45) is 3.75. The second-order valence-electron chi connectivity index (χ2n) is 5.73. The number of thiophene rings is 1. The Labute approximate surface area is 122 Å². The van der Waals surface area contributed by atoms with Crippen LogP contribution >= 0.6 is 11.3 Å². The molecule has 0 amide bonds. The van der Waals surface area contributed by atoms with Gasteiger partial charge in [0.25, 0.3) is 0 Å². The Morgan fingerprint density at radius 1 is 1.42 bits per heavy atom. The van der Waals surface area contributed by atoms with Crippen LogP contribution in [0.15, 0.2) is 17.5 Å². The molecule has 3 unspecified atom stereocenters. The van der Waals surface area contributed by atoms with Crippen molar-refractivity contribution in [1.29, 1.82) is 0 Å². The molecule has 1 saturated heterocycles. The number of rotatable bonds is 5. The fourth-order valence-electron chi connectivity index (χ4n) is 3.05. The van der Waals surface area contributed by atoms with Gasteiger partial charge in [-0.2, -0.15) is 0 Å². The van der Waals surface area contributed by atoms with Gasteiger partial charge in [-0.1, -0.05) is 33.3 Å². The van der Waals surface area contributed by atoms with Gasteiger partial charge >= 0.3 is 0 Å². The van der Waals surface area contributed by atoms with Crippen molar-refractivity contribution in [2.24, 2.45) is 5.92 Å². The average molecular weight is 280 g/mol. The van der Waals surface area contributed by atoms with E-state index in [9.17, 15) is 0 Å². The van der Waals surface area contributed by atoms with Crippen LogP contribution in [-0.2, 0) is 0 Å². The maximum Gasteiger partial charge on any atom is 0.0439 e. The van der Waals surface area contributed by atoms with Gasteiger partial charge in [-0.25, -0.2) is 0 Å². The molecule has 1 aromatic rings. The third kappa shape index (κ3) is 3.80. The summed E-state index contributed by atoms with van der Waals surface area (Å²) in [5, 5.41) is 5.96. The topological polar surface area (TPSA) is 15.3 Å². The molecule has 0 spiro atoms. The lowest BCUT2D eigenvalue weighted by molar-refractivity contribution is 0.175. The molecule has 0 radical (unpaired) electrons. The molecule has 1 fully saturated rings. The summed E-state index contributed by atoms with van der Waals surface area (Å²) in [7, 11) is 0. The first kappa shape index (κ1) is 15.0. The first-order chi connectivity index (χ1) is 9.26. The van der Waals surface area contributed by atoms with Crippen molar-refractivity contribution in [2.75, 3.05) is 19.6 Å². The molecule has 0 aromatic carbocycles. The Bertz CT molecular complexity index is 350. The van der Waals surface area contributed by atoms with E-state index in [2.05, 4.69) is 48.5 Å². The maximum atomic E-state index is 3.75. The molecule has 0 bridgehead atoms. The Hall–Kier alpha value is -0.380. The molecule has 1 N–H and O–H groups in total. The Kier molecular flexibility index (Phi) is 5.86. The van der Waals surface area contributed by atoms with Crippen LogP contribution < -0.4 is 5.32 Å². The van der Waals surface area contributed by atoms with Crippen molar-refractivity contribution in [2.45, 2.75) is 52.1 Å². The number of hydrogen-bond acceptors (Lipinski definition) is 3. The molecule has 2 heterocycles. The largest absolute Gasteiger partial charge is 0.312 e. The number of nitrogens with one attached hydrogen (secondary N) is 1. The summed E-state index contributed by atoms with van der Waals surface area (Å²) >= 11 is 1.91. The summed E-state index contributed by atoms with van der Waals surface area (Å²) in [5.74, 6) is 0.765. The van der Waals surface area contributed by atoms with Gasteiger partial charge in [-0.15, -0.1) is 11.3 Å². The van der Waals surface area contributed by atoms with E-state index >= 15 is 0 Å². The molecular formula is C16H28N2S. The highest BCUT2D eigenvalue weighted by molar-refractivity contribution is 7.10. The van der Waals surface area contributed by atoms with Crippen molar-refractivity contribution in [3.63, 3.8) is 0 Å². The summed E-state index contributed by atoms with van der Waals surface area (Å²) in [5.41, 5.74) is 0. The minimum Gasteiger partial charge on any atom is -0.312 e. The van der Waals surface area contributed by atoms with E-state index in [0.29, 0.717) is 12.1 Å². The molecular weight excluding hydrogens is 252 g/mol.